The van der Waals surface area contributed by atoms with Crippen molar-refractivity contribution < 1.29 is 17.9 Å². The Bertz CT molecular complexity index is 285. The number of hydrogen-bond donors (Lipinski definition) is 0. The van der Waals surface area contributed by atoms with Gasteiger partial charge in [-0.1, -0.05) is 0 Å². The summed E-state index contributed by atoms with van der Waals surface area (Å²) in [5.74, 6) is -0.0410. The van der Waals surface area contributed by atoms with Gasteiger partial charge in [0.1, 0.15) is 6.61 Å². The summed E-state index contributed by atoms with van der Waals surface area (Å²) >= 11 is 0. The third-order valence-electron chi connectivity index (χ3n) is 1.86. The lowest BCUT2D eigenvalue weighted by atomic mass is 10.4. The first kappa shape index (κ1) is 10.6. The second-order valence-electron chi connectivity index (χ2n) is 2.97. The van der Waals surface area contributed by atoms with Crippen molar-refractivity contribution in [3.05, 3.63) is 0 Å². The molecule has 0 aromatic carbocycles. The minimum absolute atomic E-state index is 0.0218. The monoisotopic (exact) mass is 207 g/mol. The summed E-state index contributed by atoms with van der Waals surface area (Å²) in [4.78, 5) is 11.1. The van der Waals surface area contributed by atoms with Crippen LogP contribution in [0.4, 0.5) is 0 Å². The van der Waals surface area contributed by atoms with Crippen LogP contribution in [-0.4, -0.2) is 51.1 Å². The fraction of sp³-hybridized carbons (Fsp3) is 0.857. The van der Waals surface area contributed by atoms with Crippen molar-refractivity contribution in [2.75, 3.05) is 32.6 Å². The fourth-order valence-electron chi connectivity index (χ4n) is 1.27. The summed E-state index contributed by atoms with van der Waals surface area (Å²) in [7, 11) is -1.73. The molecule has 0 aromatic rings. The zero-order chi connectivity index (χ0) is 9.90. The lowest BCUT2D eigenvalue weighted by Crippen LogP contribution is -2.32. The number of hydrogen-bond acceptors (Lipinski definition) is 4. The summed E-state index contributed by atoms with van der Waals surface area (Å²) in [5.41, 5.74) is 0. The molecule has 0 spiro atoms. The van der Waals surface area contributed by atoms with Crippen LogP contribution in [0.15, 0.2) is 0 Å². The molecule has 1 aliphatic heterocycles. The maximum absolute atomic E-state index is 11.2. The summed E-state index contributed by atoms with van der Waals surface area (Å²) in [6.07, 6.45) is 0.614. The highest BCUT2D eigenvalue weighted by molar-refractivity contribution is 7.89. The van der Waals surface area contributed by atoms with Crippen LogP contribution in [0.5, 0.6) is 0 Å². The van der Waals surface area contributed by atoms with Crippen molar-refractivity contribution in [2.24, 2.45) is 0 Å². The predicted octanol–water partition coefficient (Wildman–Crippen LogP) is -0.763. The van der Waals surface area contributed by atoms with E-state index in [1.54, 1.807) is 0 Å². The molecule has 0 bridgehead atoms. The Morgan fingerprint density at radius 1 is 1.54 bits per heavy atom. The van der Waals surface area contributed by atoms with Gasteiger partial charge in [0.25, 0.3) is 0 Å². The van der Waals surface area contributed by atoms with E-state index in [2.05, 4.69) is 4.74 Å². The molecule has 0 saturated carbocycles. The summed E-state index contributed by atoms with van der Waals surface area (Å²) in [5, 5.41) is 0. The average molecular weight is 207 g/mol. The van der Waals surface area contributed by atoms with Crippen LogP contribution in [0, 0.1) is 0 Å². The number of sulfonamides is 1. The van der Waals surface area contributed by atoms with Gasteiger partial charge in [0, 0.05) is 13.7 Å². The Labute approximate surface area is 77.7 Å². The predicted molar refractivity (Wildman–Crippen MR) is 46.9 cm³/mol. The molecule has 0 radical (unpaired) electrons. The Balaban J connectivity index is 2.50. The minimum Gasteiger partial charge on any atom is -0.377 e. The van der Waals surface area contributed by atoms with Gasteiger partial charge >= 0.3 is 0 Å². The molecule has 1 rings (SSSR count). The van der Waals surface area contributed by atoms with Crippen LogP contribution in [0.2, 0.25) is 0 Å². The fourth-order valence-corrected chi connectivity index (χ4v) is 2.77. The number of nitrogens with zero attached hydrogens (tertiary/aromatic N) is 1. The van der Waals surface area contributed by atoms with Gasteiger partial charge in [0.15, 0.2) is 5.78 Å². The molecule has 0 atom stereocenters. The molecule has 0 aromatic heterocycles. The lowest BCUT2D eigenvalue weighted by molar-refractivity contribution is -0.122. The number of carbonyl (C=O) groups is 1. The van der Waals surface area contributed by atoms with Gasteiger partial charge in [-0.2, -0.15) is 4.31 Å². The Hall–Kier alpha value is -0.460. The lowest BCUT2D eigenvalue weighted by Gasteiger charge is -2.12. The first-order valence-electron chi connectivity index (χ1n) is 4.05. The van der Waals surface area contributed by atoms with E-state index in [9.17, 15) is 13.2 Å². The molecule has 1 fully saturated rings. The van der Waals surface area contributed by atoms with Crippen molar-refractivity contribution >= 4 is 15.8 Å². The van der Waals surface area contributed by atoms with E-state index in [1.807, 2.05) is 0 Å². The molecule has 1 heterocycles. The molecule has 0 aliphatic carbocycles. The molecule has 76 valence electrons. The smallest absolute Gasteiger partial charge is 0.214 e. The zero-order valence-corrected chi connectivity index (χ0v) is 8.34. The molecule has 0 N–H and O–H groups in total. The number of carbonyl (C=O) groups excluding carboxylic acids is 1. The Kier molecular flexibility index (Phi) is 3.40. The number of rotatable bonds is 4. The van der Waals surface area contributed by atoms with Crippen molar-refractivity contribution in [3.8, 4) is 0 Å². The van der Waals surface area contributed by atoms with Gasteiger partial charge in [-0.3, -0.25) is 4.79 Å². The van der Waals surface area contributed by atoms with E-state index in [4.69, 9.17) is 0 Å². The van der Waals surface area contributed by atoms with E-state index in [0.29, 0.717) is 13.0 Å². The molecule has 6 heteroatoms. The van der Waals surface area contributed by atoms with Crippen LogP contribution in [0.3, 0.4) is 0 Å². The highest BCUT2D eigenvalue weighted by Crippen LogP contribution is 2.12. The van der Waals surface area contributed by atoms with E-state index in [0.717, 1.165) is 0 Å². The normalized spacial score (nSPS) is 21.9. The van der Waals surface area contributed by atoms with Gasteiger partial charge in [0.2, 0.25) is 10.0 Å². The average Bonchev–Trinajstić information content (AvgIpc) is 2.31. The largest absolute Gasteiger partial charge is 0.377 e. The highest BCUT2D eigenvalue weighted by atomic mass is 32.2. The SMILES string of the molecule is COCC(=O)CN1CCCS1(=O)=O. The molecule has 1 saturated heterocycles. The number of ether oxygens (including phenoxy) is 1. The first-order chi connectivity index (χ1) is 6.06. The third-order valence-corrected chi connectivity index (χ3v) is 3.76. The number of methoxy groups -OCH3 is 1. The van der Waals surface area contributed by atoms with Crippen LogP contribution in [0.25, 0.3) is 0 Å². The van der Waals surface area contributed by atoms with Crippen molar-refractivity contribution in [2.45, 2.75) is 6.42 Å². The number of ketones is 1. The van der Waals surface area contributed by atoms with Crippen LogP contribution in [-0.2, 0) is 19.6 Å². The first-order valence-corrected chi connectivity index (χ1v) is 5.65. The summed E-state index contributed by atoms with van der Waals surface area (Å²) < 4.78 is 28.3. The topological polar surface area (TPSA) is 63.7 Å². The van der Waals surface area contributed by atoms with E-state index in [-0.39, 0.29) is 24.7 Å². The second kappa shape index (κ2) is 4.17. The van der Waals surface area contributed by atoms with Crippen molar-refractivity contribution in [1.82, 2.24) is 4.31 Å². The summed E-state index contributed by atoms with van der Waals surface area (Å²) in [6.45, 7) is 0.389. The van der Waals surface area contributed by atoms with Crippen LogP contribution >= 0.6 is 0 Å². The Morgan fingerprint density at radius 2 is 2.23 bits per heavy atom. The summed E-state index contributed by atoms with van der Waals surface area (Å²) in [6, 6.07) is 0. The van der Waals surface area contributed by atoms with Gasteiger partial charge < -0.3 is 4.74 Å². The molecule has 13 heavy (non-hydrogen) atoms. The molecule has 0 unspecified atom stereocenters. The maximum Gasteiger partial charge on any atom is 0.214 e. The van der Waals surface area contributed by atoms with Gasteiger partial charge in [-0.15, -0.1) is 0 Å². The minimum atomic E-state index is -3.14. The molecular weight excluding hydrogens is 194 g/mol. The third kappa shape index (κ3) is 2.75. The molecule has 5 nitrogen and oxygen atoms in total. The van der Waals surface area contributed by atoms with Gasteiger partial charge in [-0.05, 0) is 6.42 Å². The van der Waals surface area contributed by atoms with E-state index in [1.165, 1.54) is 11.4 Å². The van der Waals surface area contributed by atoms with E-state index >= 15 is 0 Å². The maximum atomic E-state index is 11.2. The quantitative estimate of drug-likeness (QED) is 0.607. The van der Waals surface area contributed by atoms with Crippen molar-refractivity contribution in [3.63, 3.8) is 0 Å². The van der Waals surface area contributed by atoms with E-state index < -0.39 is 10.0 Å². The van der Waals surface area contributed by atoms with Crippen LogP contribution in [0.1, 0.15) is 6.42 Å². The van der Waals surface area contributed by atoms with Crippen LogP contribution < -0.4 is 0 Å². The standard InChI is InChI=1S/C7H13NO4S/c1-12-6-7(9)5-8-3-2-4-13(8,10)11/h2-6H2,1H3. The van der Waals surface area contributed by atoms with Crippen molar-refractivity contribution in [1.29, 1.82) is 0 Å². The Morgan fingerprint density at radius 3 is 2.69 bits per heavy atom. The van der Waals surface area contributed by atoms with Gasteiger partial charge in [0.05, 0.1) is 12.3 Å². The number of Topliss-reactive ketones (excluding diaryl/α,β-unsaturated/α-hetero) is 1. The zero-order valence-electron chi connectivity index (χ0n) is 7.52. The molecule has 0 amide bonds. The van der Waals surface area contributed by atoms with Gasteiger partial charge in [-0.25, -0.2) is 8.42 Å². The highest BCUT2D eigenvalue weighted by Gasteiger charge is 2.29. The molecular formula is C7H13NO4S. The second-order valence-corrected chi connectivity index (χ2v) is 5.06. The molecule has 1 aliphatic rings.